The van der Waals surface area contributed by atoms with Gasteiger partial charge in [-0.05, 0) is 30.5 Å². The Kier molecular flexibility index (Phi) is 6.50. The molecule has 5 nitrogen and oxygen atoms in total. The maximum absolute atomic E-state index is 13.2. The van der Waals surface area contributed by atoms with Crippen molar-refractivity contribution in [2.24, 2.45) is 0 Å². The zero-order chi connectivity index (χ0) is 20.1. The second-order valence-corrected chi connectivity index (χ2v) is 8.70. The van der Waals surface area contributed by atoms with Crippen molar-refractivity contribution in [1.29, 1.82) is 0 Å². The number of aromatic nitrogens is 1. The summed E-state index contributed by atoms with van der Waals surface area (Å²) in [6, 6.07) is 8.66. The molecule has 6 heteroatoms. The first-order valence-corrected chi connectivity index (χ1v) is 10.1. The average Bonchev–Trinajstić information content (AvgIpc) is 3.12. The minimum atomic E-state index is -0.245. The number of amides is 1. The van der Waals surface area contributed by atoms with Crippen LogP contribution in [0, 0.1) is 5.82 Å². The fourth-order valence-electron chi connectivity index (χ4n) is 3.63. The van der Waals surface area contributed by atoms with Gasteiger partial charge in [0.15, 0.2) is 0 Å². The van der Waals surface area contributed by atoms with E-state index in [1.54, 1.807) is 18.2 Å². The van der Waals surface area contributed by atoms with Crippen LogP contribution in [0.4, 0.5) is 10.3 Å². The summed E-state index contributed by atoms with van der Waals surface area (Å²) in [4.78, 5) is 14.9. The van der Waals surface area contributed by atoms with E-state index in [9.17, 15) is 9.18 Å². The lowest BCUT2D eigenvalue weighted by Crippen LogP contribution is -2.41. The Balaban J connectivity index is 1.66. The predicted molar refractivity (Wildman–Crippen MR) is 108 cm³/mol. The molecule has 0 unspecified atom stereocenters. The van der Waals surface area contributed by atoms with Crippen molar-refractivity contribution < 1.29 is 13.7 Å². The Labute approximate surface area is 166 Å². The van der Waals surface area contributed by atoms with Gasteiger partial charge in [0.25, 0.3) is 0 Å². The summed E-state index contributed by atoms with van der Waals surface area (Å²) in [7, 11) is 0. The predicted octanol–water partition coefficient (Wildman–Crippen LogP) is 4.88. The van der Waals surface area contributed by atoms with Crippen LogP contribution in [0.15, 0.2) is 34.9 Å². The Morgan fingerprint density at radius 3 is 2.50 bits per heavy atom. The van der Waals surface area contributed by atoms with Crippen molar-refractivity contribution in [3.05, 3.63) is 47.4 Å². The van der Waals surface area contributed by atoms with E-state index < -0.39 is 0 Å². The summed E-state index contributed by atoms with van der Waals surface area (Å²) >= 11 is 0. The van der Waals surface area contributed by atoms with Crippen LogP contribution in [-0.2, 0) is 16.8 Å². The molecule has 0 saturated heterocycles. The summed E-state index contributed by atoms with van der Waals surface area (Å²) in [5.41, 5.74) is 1.68. The lowest BCUT2D eigenvalue weighted by Gasteiger charge is -2.33. The molecule has 1 aromatic heterocycles. The van der Waals surface area contributed by atoms with Crippen LogP contribution >= 0.6 is 0 Å². The van der Waals surface area contributed by atoms with E-state index in [-0.39, 0.29) is 23.7 Å². The highest BCUT2D eigenvalue weighted by Crippen LogP contribution is 2.25. The Hall–Kier alpha value is -2.21. The Morgan fingerprint density at radius 2 is 1.89 bits per heavy atom. The third-order valence-corrected chi connectivity index (χ3v) is 5.28. The molecule has 1 saturated carbocycles. The van der Waals surface area contributed by atoms with Gasteiger partial charge in [-0.3, -0.25) is 15.0 Å². The van der Waals surface area contributed by atoms with Gasteiger partial charge in [-0.25, -0.2) is 4.39 Å². The minimum Gasteiger partial charge on any atom is -0.338 e. The monoisotopic (exact) mass is 387 g/mol. The first-order valence-electron chi connectivity index (χ1n) is 10.1. The smallest absolute Gasteiger partial charge is 0.240 e. The van der Waals surface area contributed by atoms with Gasteiger partial charge in [-0.1, -0.05) is 57.3 Å². The molecular formula is C22H30FN3O2. The molecule has 0 radical (unpaired) electrons. The molecule has 1 aliphatic carbocycles. The molecule has 1 N–H and O–H groups in total. The zero-order valence-electron chi connectivity index (χ0n) is 17.0. The number of hydrogen-bond donors (Lipinski definition) is 1. The average molecular weight is 387 g/mol. The molecule has 1 aromatic carbocycles. The highest BCUT2D eigenvalue weighted by Gasteiger charge is 2.24. The van der Waals surface area contributed by atoms with Gasteiger partial charge in [0.2, 0.25) is 11.8 Å². The number of hydrogen-bond acceptors (Lipinski definition) is 4. The van der Waals surface area contributed by atoms with Gasteiger partial charge in [-0.15, -0.1) is 0 Å². The van der Waals surface area contributed by atoms with Crippen molar-refractivity contribution in [3.8, 4) is 0 Å². The number of nitrogens with zero attached hydrogens (tertiary/aromatic N) is 2. The van der Waals surface area contributed by atoms with Gasteiger partial charge in [0.05, 0.1) is 12.2 Å². The number of halogens is 1. The first-order chi connectivity index (χ1) is 13.3. The number of rotatable bonds is 6. The Morgan fingerprint density at radius 1 is 1.21 bits per heavy atom. The van der Waals surface area contributed by atoms with Crippen molar-refractivity contribution in [3.63, 3.8) is 0 Å². The van der Waals surface area contributed by atoms with E-state index in [0.717, 1.165) is 24.1 Å². The van der Waals surface area contributed by atoms with Gasteiger partial charge in [-0.2, -0.15) is 0 Å². The molecule has 1 aliphatic rings. The van der Waals surface area contributed by atoms with E-state index in [0.29, 0.717) is 18.5 Å². The van der Waals surface area contributed by atoms with Crippen LogP contribution in [0.1, 0.15) is 64.1 Å². The fraction of sp³-hybridized carbons (Fsp3) is 0.545. The molecule has 0 aliphatic heterocycles. The molecular weight excluding hydrogens is 357 g/mol. The van der Waals surface area contributed by atoms with Crippen molar-refractivity contribution in [2.75, 3.05) is 11.9 Å². The van der Waals surface area contributed by atoms with Crippen molar-refractivity contribution >= 4 is 11.8 Å². The standard InChI is InChI=1S/C22H30FN3O2/c1-22(2,3)19-13-21(28-25-19)24-20(27)15-26(18-7-5-4-6-8-18)14-16-9-11-17(23)12-10-16/h9-13,18H,4-8,14-15H2,1-3H3,(H,24,27). The van der Waals surface area contributed by atoms with Crippen molar-refractivity contribution in [2.45, 2.75) is 70.9 Å². The van der Waals surface area contributed by atoms with Gasteiger partial charge in [0.1, 0.15) is 5.82 Å². The quantitative estimate of drug-likeness (QED) is 0.767. The SMILES string of the molecule is CC(C)(C)c1cc(NC(=O)CN(Cc2ccc(F)cc2)C2CCCCC2)on1. The molecule has 0 atom stereocenters. The summed E-state index contributed by atoms with van der Waals surface area (Å²) in [5.74, 6) is 0.00952. The molecule has 1 heterocycles. The third kappa shape index (κ3) is 5.64. The third-order valence-electron chi connectivity index (χ3n) is 5.28. The van der Waals surface area contributed by atoms with E-state index in [2.05, 4.69) is 15.4 Å². The zero-order valence-corrected chi connectivity index (χ0v) is 17.0. The van der Waals surface area contributed by atoms with Gasteiger partial charge < -0.3 is 4.52 Å². The highest BCUT2D eigenvalue weighted by molar-refractivity contribution is 5.91. The molecule has 3 rings (SSSR count). The summed E-state index contributed by atoms with van der Waals surface area (Å²) in [6.07, 6.45) is 5.79. The van der Waals surface area contributed by atoms with Crippen molar-refractivity contribution in [1.82, 2.24) is 10.1 Å². The first kappa shape index (κ1) is 20.5. The second-order valence-electron chi connectivity index (χ2n) is 8.70. The molecule has 2 aromatic rings. The van der Waals surface area contributed by atoms with E-state index >= 15 is 0 Å². The molecule has 28 heavy (non-hydrogen) atoms. The summed E-state index contributed by atoms with van der Waals surface area (Å²) in [5, 5.41) is 6.88. The lowest BCUT2D eigenvalue weighted by molar-refractivity contribution is -0.118. The molecule has 1 fully saturated rings. The Bertz CT molecular complexity index is 774. The van der Waals surface area contributed by atoms with Crippen LogP contribution in [0.5, 0.6) is 0 Å². The number of anilines is 1. The lowest BCUT2D eigenvalue weighted by atomic mass is 9.92. The maximum atomic E-state index is 13.2. The van der Waals surface area contributed by atoms with Crippen LogP contribution in [0.3, 0.4) is 0 Å². The molecule has 0 spiro atoms. The number of benzene rings is 1. The maximum Gasteiger partial charge on any atom is 0.240 e. The minimum absolute atomic E-state index is 0.121. The summed E-state index contributed by atoms with van der Waals surface area (Å²) in [6.45, 7) is 7.04. The van der Waals surface area contributed by atoms with E-state index in [4.69, 9.17) is 4.52 Å². The van der Waals surface area contributed by atoms with E-state index in [1.165, 1.54) is 31.4 Å². The van der Waals surface area contributed by atoms with Gasteiger partial charge in [0, 0.05) is 24.1 Å². The normalized spacial score (nSPS) is 15.8. The molecule has 0 bridgehead atoms. The largest absolute Gasteiger partial charge is 0.338 e. The van der Waals surface area contributed by atoms with E-state index in [1.807, 2.05) is 20.8 Å². The number of carbonyl (C=O) groups is 1. The van der Waals surface area contributed by atoms with Gasteiger partial charge >= 0.3 is 0 Å². The van der Waals surface area contributed by atoms with Crippen LogP contribution in [0.25, 0.3) is 0 Å². The summed E-state index contributed by atoms with van der Waals surface area (Å²) < 4.78 is 18.5. The molecule has 1 amide bonds. The number of nitrogens with one attached hydrogen (secondary N) is 1. The number of carbonyl (C=O) groups excluding carboxylic acids is 1. The molecule has 152 valence electrons. The highest BCUT2D eigenvalue weighted by atomic mass is 19.1. The second kappa shape index (κ2) is 8.86. The fourth-order valence-corrected chi connectivity index (χ4v) is 3.63. The van der Waals surface area contributed by atoms with Crippen LogP contribution in [-0.4, -0.2) is 28.6 Å². The topological polar surface area (TPSA) is 58.4 Å². The van der Waals surface area contributed by atoms with Crippen LogP contribution < -0.4 is 5.32 Å². The van der Waals surface area contributed by atoms with Crippen LogP contribution in [0.2, 0.25) is 0 Å².